The molecule has 1 aliphatic rings. The number of halogens is 3. The number of nitrogens with one attached hydrogen (secondary N) is 1. The van der Waals surface area contributed by atoms with E-state index in [-0.39, 0.29) is 12.1 Å². The Morgan fingerprint density at radius 3 is 2.78 bits per heavy atom. The Bertz CT molecular complexity index is 618. The molecule has 1 aliphatic heterocycles. The van der Waals surface area contributed by atoms with Crippen LogP contribution in [0.25, 0.3) is 10.2 Å². The van der Waals surface area contributed by atoms with Gasteiger partial charge in [-0.15, -0.1) is 0 Å². The zero-order valence-electron chi connectivity index (χ0n) is 9.56. The third kappa shape index (κ3) is 1.69. The maximum absolute atomic E-state index is 13.0. The van der Waals surface area contributed by atoms with E-state index in [9.17, 15) is 13.2 Å². The number of nitrogens with zero attached hydrogens (tertiary/aromatic N) is 2. The summed E-state index contributed by atoms with van der Waals surface area (Å²) in [5.41, 5.74) is 1.05. The molecular weight excluding hydrogens is 263 g/mol. The van der Waals surface area contributed by atoms with Crippen LogP contribution in [0.5, 0.6) is 0 Å². The van der Waals surface area contributed by atoms with E-state index >= 15 is 0 Å². The topological polar surface area (TPSA) is 37.8 Å². The van der Waals surface area contributed by atoms with Crippen LogP contribution in [0.3, 0.4) is 0 Å². The molecule has 0 fully saturated rings. The molecule has 96 valence electrons. The van der Waals surface area contributed by atoms with Crippen molar-refractivity contribution >= 4 is 21.7 Å². The van der Waals surface area contributed by atoms with E-state index in [0.717, 1.165) is 28.2 Å². The zero-order valence-corrected chi connectivity index (χ0v) is 10.4. The number of aryl methyl sites for hydroxylation is 1. The minimum absolute atomic E-state index is 0.225. The summed E-state index contributed by atoms with van der Waals surface area (Å²) in [5.74, 6) is 0. The van der Waals surface area contributed by atoms with Gasteiger partial charge in [0.15, 0.2) is 5.69 Å². The average molecular weight is 273 g/mol. The quantitative estimate of drug-likeness (QED) is 0.802. The summed E-state index contributed by atoms with van der Waals surface area (Å²) in [6.45, 7) is 2.73. The maximum Gasteiger partial charge on any atom is 0.433 e. The van der Waals surface area contributed by atoms with Crippen LogP contribution in [0, 0.1) is 6.92 Å². The van der Waals surface area contributed by atoms with Crippen LogP contribution in [-0.2, 0) is 19.1 Å². The van der Waals surface area contributed by atoms with Crippen LogP contribution in [0.2, 0.25) is 0 Å². The van der Waals surface area contributed by atoms with Crippen molar-refractivity contribution in [1.29, 1.82) is 0 Å². The van der Waals surface area contributed by atoms with Crippen LogP contribution in [-0.4, -0.2) is 15.9 Å². The fraction of sp³-hybridized carbons (Fsp3) is 0.455. The lowest BCUT2D eigenvalue weighted by Crippen LogP contribution is -2.27. The third-order valence-corrected chi connectivity index (χ3v) is 3.97. The molecule has 3 heterocycles. The second-order valence-corrected chi connectivity index (χ2v) is 5.04. The Morgan fingerprint density at radius 2 is 2.06 bits per heavy atom. The summed E-state index contributed by atoms with van der Waals surface area (Å²) in [6, 6.07) is 0. The second kappa shape index (κ2) is 3.89. The van der Waals surface area contributed by atoms with Crippen LogP contribution in [0.1, 0.15) is 22.5 Å². The SMILES string of the molecule is Cc1nsc2nc(C(F)(F)F)c3c(c12)CCNC3. The first kappa shape index (κ1) is 11.9. The van der Waals surface area contributed by atoms with E-state index in [0.29, 0.717) is 17.8 Å². The number of aromatic nitrogens is 2. The van der Waals surface area contributed by atoms with Crippen LogP contribution < -0.4 is 5.32 Å². The minimum atomic E-state index is -4.41. The molecule has 0 unspecified atom stereocenters. The molecule has 0 aromatic carbocycles. The fourth-order valence-electron chi connectivity index (χ4n) is 2.37. The molecule has 0 aliphatic carbocycles. The first-order valence-corrected chi connectivity index (χ1v) is 6.31. The van der Waals surface area contributed by atoms with Crippen molar-refractivity contribution in [1.82, 2.24) is 14.7 Å². The molecule has 3 rings (SSSR count). The van der Waals surface area contributed by atoms with E-state index in [2.05, 4.69) is 14.7 Å². The molecule has 0 saturated carbocycles. The fourth-order valence-corrected chi connectivity index (χ4v) is 3.18. The van der Waals surface area contributed by atoms with E-state index < -0.39 is 11.9 Å². The Hall–Kier alpha value is -1.21. The maximum atomic E-state index is 13.0. The lowest BCUT2D eigenvalue weighted by Gasteiger charge is -2.21. The van der Waals surface area contributed by atoms with Gasteiger partial charge in [0.05, 0.1) is 5.69 Å². The molecule has 2 aromatic heterocycles. The summed E-state index contributed by atoms with van der Waals surface area (Å²) >= 11 is 1.04. The average Bonchev–Trinajstić information content (AvgIpc) is 2.69. The van der Waals surface area contributed by atoms with Crippen molar-refractivity contribution in [3.8, 4) is 0 Å². The highest BCUT2D eigenvalue weighted by molar-refractivity contribution is 7.13. The van der Waals surface area contributed by atoms with Crippen molar-refractivity contribution < 1.29 is 13.2 Å². The number of alkyl halides is 3. The van der Waals surface area contributed by atoms with Crippen molar-refractivity contribution in [3.05, 3.63) is 22.5 Å². The second-order valence-electron chi connectivity index (χ2n) is 4.29. The molecule has 0 atom stereocenters. The van der Waals surface area contributed by atoms with Gasteiger partial charge in [0.2, 0.25) is 0 Å². The van der Waals surface area contributed by atoms with Gasteiger partial charge in [-0.1, -0.05) is 0 Å². The standard InChI is InChI=1S/C11H10F3N3S/c1-5-8-6-2-3-15-4-7(6)9(11(12,13)14)16-10(8)18-17-5/h15H,2-4H2,1H3. The van der Waals surface area contributed by atoms with Gasteiger partial charge < -0.3 is 5.32 Å². The molecule has 0 radical (unpaired) electrons. The highest BCUT2D eigenvalue weighted by Gasteiger charge is 2.38. The molecule has 3 nitrogen and oxygen atoms in total. The highest BCUT2D eigenvalue weighted by Crippen LogP contribution is 2.37. The summed E-state index contributed by atoms with van der Waals surface area (Å²) in [6.07, 6.45) is -3.81. The summed E-state index contributed by atoms with van der Waals surface area (Å²) in [4.78, 5) is 4.16. The lowest BCUT2D eigenvalue weighted by atomic mass is 9.96. The predicted octanol–water partition coefficient (Wildman–Crippen LogP) is 2.66. The largest absolute Gasteiger partial charge is 0.433 e. The van der Waals surface area contributed by atoms with Gasteiger partial charge in [-0.05, 0) is 37.0 Å². The van der Waals surface area contributed by atoms with Gasteiger partial charge in [-0.2, -0.15) is 17.5 Å². The number of hydrogen-bond donors (Lipinski definition) is 1. The Labute approximate surface area is 105 Å². The number of fused-ring (bicyclic) bond motifs is 3. The summed E-state index contributed by atoms with van der Waals surface area (Å²) < 4.78 is 43.1. The number of rotatable bonds is 0. The third-order valence-electron chi connectivity index (χ3n) is 3.13. The lowest BCUT2D eigenvalue weighted by molar-refractivity contribution is -0.141. The van der Waals surface area contributed by atoms with Gasteiger partial charge in [0, 0.05) is 17.5 Å². The van der Waals surface area contributed by atoms with E-state index in [4.69, 9.17) is 0 Å². The predicted molar refractivity (Wildman–Crippen MR) is 62.6 cm³/mol. The normalized spacial score (nSPS) is 16.0. The molecule has 18 heavy (non-hydrogen) atoms. The molecule has 0 amide bonds. The van der Waals surface area contributed by atoms with Crippen molar-refractivity contribution in [3.63, 3.8) is 0 Å². The van der Waals surface area contributed by atoms with Gasteiger partial charge in [-0.25, -0.2) is 4.98 Å². The van der Waals surface area contributed by atoms with E-state index in [1.54, 1.807) is 0 Å². The van der Waals surface area contributed by atoms with Crippen LogP contribution in [0.4, 0.5) is 13.2 Å². The molecule has 1 N–H and O–H groups in total. The van der Waals surface area contributed by atoms with Crippen molar-refractivity contribution in [2.24, 2.45) is 0 Å². The van der Waals surface area contributed by atoms with Crippen molar-refractivity contribution in [2.45, 2.75) is 26.1 Å². The molecule has 2 aromatic rings. The molecule has 7 heteroatoms. The van der Waals surface area contributed by atoms with Gasteiger partial charge >= 0.3 is 6.18 Å². The first-order valence-electron chi connectivity index (χ1n) is 5.54. The molecular formula is C11H10F3N3S. The zero-order chi connectivity index (χ0) is 12.9. The Balaban J connectivity index is 2.38. The van der Waals surface area contributed by atoms with E-state index in [1.807, 2.05) is 6.92 Å². The van der Waals surface area contributed by atoms with Gasteiger partial charge in [0.1, 0.15) is 4.83 Å². The molecule has 0 spiro atoms. The molecule has 0 saturated heterocycles. The van der Waals surface area contributed by atoms with Crippen LogP contribution in [0.15, 0.2) is 0 Å². The highest BCUT2D eigenvalue weighted by atomic mass is 32.1. The van der Waals surface area contributed by atoms with Crippen LogP contribution >= 0.6 is 11.5 Å². The number of pyridine rings is 1. The van der Waals surface area contributed by atoms with Gasteiger partial charge in [0.25, 0.3) is 0 Å². The van der Waals surface area contributed by atoms with Crippen molar-refractivity contribution in [2.75, 3.05) is 6.54 Å². The molecule has 0 bridgehead atoms. The summed E-state index contributed by atoms with van der Waals surface area (Å²) in [7, 11) is 0. The number of hydrogen-bond acceptors (Lipinski definition) is 4. The Kier molecular flexibility index (Phi) is 2.56. The monoisotopic (exact) mass is 273 g/mol. The van der Waals surface area contributed by atoms with Gasteiger partial charge in [-0.3, -0.25) is 0 Å². The smallest absolute Gasteiger partial charge is 0.312 e. The Morgan fingerprint density at radius 1 is 1.28 bits per heavy atom. The summed E-state index contributed by atoms with van der Waals surface area (Å²) in [5, 5.41) is 3.78. The minimum Gasteiger partial charge on any atom is -0.312 e. The van der Waals surface area contributed by atoms with E-state index in [1.165, 1.54) is 0 Å². The first-order chi connectivity index (χ1) is 8.48.